The number of fused-ring (bicyclic) bond motifs is 1. The highest BCUT2D eigenvalue weighted by molar-refractivity contribution is 7.88. The number of amides is 1. The monoisotopic (exact) mass is 459 g/mol. The largest absolute Gasteiger partial charge is 0.492 e. The molecule has 0 aliphatic carbocycles. The van der Waals surface area contributed by atoms with Gasteiger partial charge in [-0.3, -0.25) is 9.69 Å². The number of ether oxygens (including phenoxy) is 1. The van der Waals surface area contributed by atoms with Gasteiger partial charge in [0, 0.05) is 13.1 Å². The minimum absolute atomic E-state index is 0.167. The molecule has 0 radical (unpaired) electrons. The zero-order valence-corrected chi connectivity index (χ0v) is 19.2. The van der Waals surface area contributed by atoms with Crippen LogP contribution in [0.3, 0.4) is 0 Å². The summed E-state index contributed by atoms with van der Waals surface area (Å²) in [4.78, 5) is 20.1. The number of anilines is 2. The topological polar surface area (TPSA) is 79.8 Å². The van der Waals surface area contributed by atoms with Crippen LogP contribution < -0.4 is 9.64 Å². The molecule has 2 aromatic carbocycles. The Balaban J connectivity index is 1.78. The molecule has 31 heavy (non-hydrogen) atoms. The molecule has 0 saturated carbocycles. The van der Waals surface area contributed by atoms with Crippen molar-refractivity contribution in [2.24, 2.45) is 5.92 Å². The number of benzene rings is 2. The number of rotatable bonds is 6. The van der Waals surface area contributed by atoms with Crippen LogP contribution in [0.25, 0.3) is 10.2 Å². The Morgan fingerprint density at radius 2 is 1.97 bits per heavy atom. The molecule has 0 spiro atoms. The molecular weight excluding hydrogens is 434 g/mol. The molecule has 164 valence electrons. The molecule has 1 aliphatic heterocycles. The fraction of sp³-hybridized carbons (Fsp3) is 0.364. The lowest BCUT2D eigenvalue weighted by atomic mass is 9.98. The number of carbonyl (C=O) groups excluding carboxylic acids is 1. The lowest BCUT2D eigenvalue weighted by molar-refractivity contribution is -0.122. The van der Waals surface area contributed by atoms with Gasteiger partial charge in [-0.25, -0.2) is 17.7 Å². The first kappa shape index (κ1) is 21.7. The molecule has 1 aliphatic rings. The van der Waals surface area contributed by atoms with Crippen molar-refractivity contribution in [1.29, 1.82) is 0 Å². The number of piperidine rings is 1. The Kier molecular flexibility index (Phi) is 6.27. The normalized spacial score (nSPS) is 17.5. The number of hydrogen-bond acceptors (Lipinski definition) is 6. The first-order valence-electron chi connectivity index (χ1n) is 10.2. The number of aromatic nitrogens is 1. The Morgan fingerprint density at radius 3 is 2.71 bits per heavy atom. The summed E-state index contributed by atoms with van der Waals surface area (Å²) in [6.45, 7) is 2.98. The number of para-hydroxylation sites is 3. The van der Waals surface area contributed by atoms with Gasteiger partial charge >= 0.3 is 0 Å². The van der Waals surface area contributed by atoms with Gasteiger partial charge in [0.05, 0.1) is 34.7 Å². The molecule has 1 atom stereocenters. The van der Waals surface area contributed by atoms with Crippen LogP contribution in [-0.4, -0.2) is 49.6 Å². The van der Waals surface area contributed by atoms with Crippen LogP contribution in [0, 0.1) is 5.92 Å². The molecule has 1 amide bonds. The standard InChI is InChI=1S/C22H25N3O4S2/c1-3-29-19-12-6-5-11-18(19)25(22-23-17-10-4-7-13-20(17)30-22)21(26)16-9-8-14-24(15-16)31(2,27)28/h4-7,10-13,16H,3,8-9,14-15H2,1-2H3. The van der Waals surface area contributed by atoms with Crippen molar-refractivity contribution in [1.82, 2.24) is 9.29 Å². The molecule has 1 aromatic heterocycles. The third-order valence-corrected chi connectivity index (χ3v) is 7.59. The molecule has 9 heteroatoms. The molecule has 0 bridgehead atoms. The van der Waals surface area contributed by atoms with Gasteiger partial charge in [0.15, 0.2) is 5.13 Å². The van der Waals surface area contributed by atoms with Gasteiger partial charge in [-0.05, 0) is 44.0 Å². The minimum Gasteiger partial charge on any atom is -0.492 e. The van der Waals surface area contributed by atoms with Gasteiger partial charge in [0.25, 0.3) is 0 Å². The van der Waals surface area contributed by atoms with Crippen molar-refractivity contribution in [2.75, 3.05) is 30.9 Å². The molecule has 7 nitrogen and oxygen atoms in total. The molecule has 1 fully saturated rings. The molecule has 2 heterocycles. The number of thiazole rings is 1. The Bertz CT molecular complexity index is 1160. The van der Waals surface area contributed by atoms with Crippen LogP contribution in [0.5, 0.6) is 5.75 Å². The Morgan fingerprint density at radius 1 is 1.23 bits per heavy atom. The van der Waals surface area contributed by atoms with Crippen molar-refractivity contribution >= 4 is 48.3 Å². The van der Waals surface area contributed by atoms with Gasteiger partial charge < -0.3 is 4.74 Å². The summed E-state index contributed by atoms with van der Waals surface area (Å²) in [6.07, 6.45) is 2.46. The fourth-order valence-electron chi connectivity index (χ4n) is 3.82. The number of carbonyl (C=O) groups is 1. The maximum Gasteiger partial charge on any atom is 0.237 e. The van der Waals surface area contributed by atoms with E-state index >= 15 is 0 Å². The summed E-state index contributed by atoms with van der Waals surface area (Å²) in [5, 5.41) is 0.551. The number of hydrogen-bond donors (Lipinski definition) is 0. The van der Waals surface area contributed by atoms with Gasteiger partial charge in [-0.2, -0.15) is 0 Å². The van der Waals surface area contributed by atoms with Crippen LogP contribution in [-0.2, 0) is 14.8 Å². The number of sulfonamides is 1. The quantitative estimate of drug-likeness (QED) is 0.556. The van der Waals surface area contributed by atoms with Gasteiger partial charge in [0.2, 0.25) is 15.9 Å². The maximum absolute atomic E-state index is 13.8. The van der Waals surface area contributed by atoms with Gasteiger partial charge in [-0.15, -0.1) is 0 Å². The molecule has 4 rings (SSSR count). The van der Waals surface area contributed by atoms with Crippen molar-refractivity contribution < 1.29 is 17.9 Å². The molecule has 1 saturated heterocycles. The van der Waals surface area contributed by atoms with Crippen LogP contribution in [0.4, 0.5) is 10.8 Å². The molecular formula is C22H25N3O4S2. The smallest absolute Gasteiger partial charge is 0.237 e. The van der Waals surface area contributed by atoms with Gasteiger partial charge in [0.1, 0.15) is 5.75 Å². The first-order chi connectivity index (χ1) is 14.9. The first-order valence-corrected chi connectivity index (χ1v) is 12.9. The minimum atomic E-state index is -3.36. The van der Waals surface area contributed by atoms with Gasteiger partial charge in [-0.1, -0.05) is 35.6 Å². The zero-order valence-electron chi connectivity index (χ0n) is 17.5. The second kappa shape index (κ2) is 8.94. The van der Waals surface area contributed by atoms with Crippen molar-refractivity contribution in [2.45, 2.75) is 19.8 Å². The summed E-state index contributed by atoms with van der Waals surface area (Å²) < 4.78 is 32.4. The van der Waals surface area contributed by atoms with E-state index in [1.54, 1.807) is 4.90 Å². The van der Waals surface area contributed by atoms with Crippen molar-refractivity contribution in [3.8, 4) is 5.75 Å². The average molecular weight is 460 g/mol. The van der Waals surface area contributed by atoms with Crippen LogP contribution in [0.15, 0.2) is 48.5 Å². The average Bonchev–Trinajstić information content (AvgIpc) is 3.18. The Hall–Kier alpha value is -2.49. The van der Waals surface area contributed by atoms with Crippen LogP contribution >= 0.6 is 11.3 Å². The van der Waals surface area contributed by atoms with Crippen molar-refractivity contribution in [3.63, 3.8) is 0 Å². The van der Waals surface area contributed by atoms with E-state index in [0.29, 0.717) is 42.6 Å². The SMILES string of the molecule is CCOc1ccccc1N(C(=O)C1CCCN(S(C)(=O)=O)C1)c1nc2ccccc2s1. The second-order valence-corrected chi connectivity index (χ2v) is 10.5. The van der Waals surface area contributed by atoms with E-state index in [1.807, 2.05) is 55.5 Å². The lowest BCUT2D eigenvalue weighted by Gasteiger charge is -2.33. The third-order valence-electron chi connectivity index (χ3n) is 5.30. The second-order valence-electron chi connectivity index (χ2n) is 7.50. The van der Waals surface area contributed by atoms with E-state index in [2.05, 4.69) is 0 Å². The van der Waals surface area contributed by atoms with E-state index in [9.17, 15) is 13.2 Å². The zero-order chi connectivity index (χ0) is 22.0. The third kappa shape index (κ3) is 4.58. The summed E-state index contributed by atoms with van der Waals surface area (Å²) in [5.74, 6) is -0.0295. The van der Waals surface area contributed by atoms with Crippen LogP contribution in [0.2, 0.25) is 0 Å². The summed E-state index contributed by atoms with van der Waals surface area (Å²) >= 11 is 1.43. The lowest BCUT2D eigenvalue weighted by Crippen LogP contribution is -2.45. The highest BCUT2D eigenvalue weighted by atomic mass is 32.2. The van der Waals surface area contributed by atoms with E-state index in [0.717, 1.165) is 10.2 Å². The predicted molar refractivity (Wildman–Crippen MR) is 124 cm³/mol. The van der Waals surface area contributed by atoms with E-state index in [1.165, 1.54) is 21.9 Å². The van der Waals surface area contributed by atoms with E-state index < -0.39 is 15.9 Å². The molecule has 0 N–H and O–H groups in total. The Labute approximate surface area is 186 Å². The highest BCUT2D eigenvalue weighted by Crippen LogP contribution is 2.39. The maximum atomic E-state index is 13.8. The van der Waals surface area contributed by atoms with Crippen LogP contribution in [0.1, 0.15) is 19.8 Å². The van der Waals surface area contributed by atoms with Crippen molar-refractivity contribution in [3.05, 3.63) is 48.5 Å². The van der Waals surface area contributed by atoms with E-state index in [-0.39, 0.29) is 12.5 Å². The fourth-order valence-corrected chi connectivity index (χ4v) is 5.72. The predicted octanol–water partition coefficient (Wildman–Crippen LogP) is 4.03. The number of nitrogens with zero attached hydrogens (tertiary/aromatic N) is 3. The molecule has 3 aromatic rings. The summed E-state index contributed by atoms with van der Waals surface area (Å²) in [6, 6.07) is 15.1. The highest BCUT2D eigenvalue weighted by Gasteiger charge is 2.35. The molecule has 1 unspecified atom stereocenters. The summed E-state index contributed by atoms with van der Waals surface area (Å²) in [7, 11) is -3.36. The van der Waals surface area contributed by atoms with E-state index in [4.69, 9.17) is 9.72 Å². The summed E-state index contributed by atoms with van der Waals surface area (Å²) in [5.41, 5.74) is 1.43.